The van der Waals surface area contributed by atoms with E-state index in [1.54, 1.807) is 0 Å². The molecule has 9 aromatic carbocycles. The number of fused-ring (bicyclic) bond motifs is 1. The molecular weight excluding hydrogens is 775 g/mol. The van der Waals surface area contributed by atoms with Crippen LogP contribution in [0.15, 0.2) is 200 Å². The highest BCUT2D eigenvalue weighted by molar-refractivity contribution is 6.01. The third kappa shape index (κ3) is 5.53. The average Bonchev–Trinajstić information content (AvgIpc) is 3.32. The third-order valence-electron chi connectivity index (χ3n) is 14.7. The zero-order chi connectivity index (χ0) is 43.5. The molecule has 0 aliphatic carbocycles. The second kappa shape index (κ2) is 13.8. The molecule has 0 unspecified atom stereocenters. The molecule has 3 nitrogen and oxygen atoms in total. The summed E-state index contributed by atoms with van der Waals surface area (Å²) < 4.78 is 0. The van der Waals surface area contributed by atoms with Gasteiger partial charge in [0, 0.05) is 50.4 Å². The highest BCUT2D eigenvalue weighted by atomic mass is 15.2. The number of benzene rings is 9. The summed E-state index contributed by atoms with van der Waals surface area (Å²) in [7, 11) is 0. The first-order valence-electron chi connectivity index (χ1n) is 22.7. The first-order chi connectivity index (χ1) is 31.0. The molecule has 3 heteroatoms. The first-order valence-corrected chi connectivity index (χ1v) is 22.7. The predicted octanol–water partition coefficient (Wildman–Crippen LogP) is 16.8. The molecule has 3 heterocycles. The summed E-state index contributed by atoms with van der Waals surface area (Å²) in [5, 5.41) is 2.47. The molecule has 0 fully saturated rings. The van der Waals surface area contributed by atoms with Gasteiger partial charge >= 0.3 is 0 Å². The molecule has 0 aromatic heterocycles. The number of hydrogen-bond acceptors (Lipinski definition) is 3. The van der Waals surface area contributed by atoms with Crippen molar-refractivity contribution < 1.29 is 0 Å². The van der Waals surface area contributed by atoms with Crippen molar-refractivity contribution in [3.05, 3.63) is 234 Å². The molecule has 0 amide bonds. The molecule has 64 heavy (non-hydrogen) atoms. The van der Waals surface area contributed by atoms with Crippen LogP contribution in [0.1, 0.15) is 74.9 Å². The van der Waals surface area contributed by atoms with E-state index in [2.05, 4.69) is 256 Å². The second-order valence-corrected chi connectivity index (χ2v) is 19.5. The Morgan fingerprint density at radius 1 is 0.281 bits per heavy atom. The Morgan fingerprint density at radius 3 is 1.19 bits per heavy atom. The van der Waals surface area contributed by atoms with Gasteiger partial charge in [-0.25, -0.2) is 0 Å². The molecule has 0 saturated carbocycles. The van der Waals surface area contributed by atoms with Crippen molar-refractivity contribution >= 4 is 62.0 Å². The van der Waals surface area contributed by atoms with Gasteiger partial charge in [-0.3, -0.25) is 0 Å². The summed E-state index contributed by atoms with van der Waals surface area (Å²) >= 11 is 0. The van der Waals surface area contributed by atoms with Gasteiger partial charge in [-0.15, -0.1) is 0 Å². The molecule has 0 atom stereocenters. The van der Waals surface area contributed by atoms with Crippen LogP contribution in [0, 0.1) is 0 Å². The van der Waals surface area contributed by atoms with E-state index in [1.165, 1.54) is 78.0 Å². The molecule has 0 spiro atoms. The third-order valence-corrected chi connectivity index (χ3v) is 14.7. The lowest BCUT2D eigenvalue weighted by Crippen LogP contribution is -2.43. The zero-order valence-corrected chi connectivity index (χ0v) is 37.4. The van der Waals surface area contributed by atoms with Crippen LogP contribution in [0.4, 0.5) is 51.2 Å². The van der Waals surface area contributed by atoms with E-state index in [-0.39, 0.29) is 16.2 Å². The quantitative estimate of drug-likeness (QED) is 0.158. The lowest BCUT2D eigenvalue weighted by molar-refractivity contribution is 0.567. The van der Waals surface area contributed by atoms with Crippen LogP contribution in [0.3, 0.4) is 0 Å². The van der Waals surface area contributed by atoms with E-state index >= 15 is 0 Å². The van der Waals surface area contributed by atoms with Crippen LogP contribution in [-0.4, -0.2) is 0 Å². The molecule has 0 saturated heterocycles. The fraction of sp³-hybridized carbons (Fsp3) is 0.148. The fourth-order valence-corrected chi connectivity index (χ4v) is 11.2. The van der Waals surface area contributed by atoms with E-state index in [0.29, 0.717) is 0 Å². The van der Waals surface area contributed by atoms with Gasteiger partial charge in [0.15, 0.2) is 0 Å². The Kier molecular flexibility index (Phi) is 8.28. The van der Waals surface area contributed by atoms with Crippen LogP contribution in [0.25, 0.3) is 21.9 Å². The Morgan fingerprint density at radius 2 is 0.672 bits per heavy atom. The smallest absolute Gasteiger partial charge is 0.0545 e. The number of para-hydroxylation sites is 4. The minimum Gasteiger partial charge on any atom is -0.311 e. The van der Waals surface area contributed by atoms with Crippen LogP contribution >= 0.6 is 0 Å². The average molecular weight is 826 g/mol. The topological polar surface area (TPSA) is 9.72 Å². The SMILES string of the molecule is CC1(C)c2cccc3c2N2c4c1cc(-c1ccc(N(c5ccccc5)c5ccccc5)cc1)cc4C(C)(C)c1cc(N(c4ccccc4)c4ccc5ccccc5c4)cc(c12)C3(C)C. The standard InChI is InChI=1S/C61H51N3/c1-59(2)50-27-18-28-51-56(50)64-57-52(59)36-43(41-29-32-47(33-30-41)62(44-21-10-7-11-22-44)45-23-12-8-13-24-45)37-53(57)61(5,6)55-39-49(38-54(58(55)64)60(51,3)4)63(46-25-14-9-15-26-46)48-34-31-40-19-16-17-20-42(40)35-48/h7-39H,1-6H3. The van der Waals surface area contributed by atoms with Crippen molar-refractivity contribution in [2.45, 2.75) is 57.8 Å². The van der Waals surface area contributed by atoms with Crippen LogP contribution in [0.2, 0.25) is 0 Å². The summed E-state index contributed by atoms with van der Waals surface area (Å²) in [6.45, 7) is 14.7. The van der Waals surface area contributed by atoms with E-state index in [0.717, 1.165) is 28.4 Å². The highest BCUT2D eigenvalue weighted by Crippen LogP contribution is 2.67. The predicted molar refractivity (Wildman–Crippen MR) is 270 cm³/mol. The molecule has 3 aliphatic rings. The number of anilines is 9. The highest BCUT2D eigenvalue weighted by Gasteiger charge is 2.52. The minimum absolute atomic E-state index is 0.236. The molecular formula is C61H51N3. The fourth-order valence-electron chi connectivity index (χ4n) is 11.2. The largest absolute Gasteiger partial charge is 0.311 e. The Labute approximate surface area is 377 Å². The Hall–Kier alpha value is -7.36. The molecule has 0 bridgehead atoms. The number of hydrogen-bond donors (Lipinski definition) is 0. The van der Waals surface area contributed by atoms with Gasteiger partial charge in [-0.1, -0.05) is 157 Å². The van der Waals surface area contributed by atoms with Crippen molar-refractivity contribution in [1.29, 1.82) is 0 Å². The molecule has 9 aromatic rings. The van der Waals surface area contributed by atoms with Crippen molar-refractivity contribution in [3.63, 3.8) is 0 Å². The van der Waals surface area contributed by atoms with Crippen LogP contribution in [0.5, 0.6) is 0 Å². The van der Waals surface area contributed by atoms with Gasteiger partial charge in [0.1, 0.15) is 0 Å². The van der Waals surface area contributed by atoms with Gasteiger partial charge in [0.25, 0.3) is 0 Å². The van der Waals surface area contributed by atoms with Crippen LogP contribution in [-0.2, 0) is 16.2 Å². The summed E-state index contributed by atoms with van der Waals surface area (Å²) in [5.41, 5.74) is 20.7. The summed E-state index contributed by atoms with van der Waals surface area (Å²) in [6, 6.07) is 74.1. The van der Waals surface area contributed by atoms with Crippen LogP contribution < -0.4 is 14.7 Å². The molecule has 310 valence electrons. The first kappa shape index (κ1) is 38.3. The summed E-state index contributed by atoms with van der Waals surface area (Å²) in [4.78, 5) is 7.48. The molecule has 3 aliphatic heterocycles. The molecule has 0 radical (unpaired) electrons. The minimum atomic E-state index is -0.338. The maximum atomic E-state index is 2.68. The van der Waals surface area contributed by atoms with Gasteiger partial charge in [0.05, 0.1) is 17.1 Å². The number of rotatable bonds is 7. The monoisotopic (exact) mass is 825 g/mol. The normalized spacial score (nSPS) is 15.4. The van der Waals surface area contributed by atoms with Gasteiger partial charge in [-0.05, 0) is 140 Å². The summed E-state index contributed by atoms with van der Waals surface area (Å²) in [5.74, 6) is 0. The van der Waals surface area contributed by atoms with E-state index < -0.39 is 0 Å². The Bertz CT molecular complexity index is 3250. The van der Waals surface area contributed by atoms with Crippen molar-refractivity contribution in [3.8, 4) is 11.1 Å². The maximum Gasteiger partial charge on any atom is 0.0545 e. The number of nitrogens with zero attached hydrogens (tertiary/aromatic N) is 3. The van der Waals surface area contributed by atoms with E-state index in [1.807, 2.05) is 0 Å². The van der Waals surface area contributed by atoms with Gasteiger partial charge < -0.3 is 14.7 Å². The maximum absolute atomic E-state index is 2.68. The van der Waals surface area contributed by atoms with Crippen molar-refractivity contribution in [1.82, 2.24) is 0 Å². The zero-order valence-electron chi connectivity index (χ0n) is 37.4. The summed E-state index contributed by atoms with van der Waals surface area (Å²) in [6.07, 6.45) is 0. The Balaban J connectivity index is 1.07. The van der Waals surface area contributed by atoms with E-state index in [4.69, 9.17) is 0 Å². The van der Waals surface area contributed by atoms with Gasteiger partial charge in [-0.2, -0.15) is 0 Å². The second-order valence-electron chi connectivity index (χ2n) is 19.5. The molecule has 0 N–H and O–H groups in total. The van der Waals surface area contributed by atoms with E-state index in [9.17, 15) is 0 Å². The van der Waals surface area contributed by atoms with Crippen molar-refractivity contribution in [2.24, 2.45) is 0 Å². The molecule has 12 rings (SSSR count). The van der Waals surface area contributed by atoms with Gasteiger partial charge in [0.2, 0.25) is 0 Å². The lowest BCUT2D eigenvalue weighted by Gasteiger charge is -2.55. The lowest BCUT2D eigenvalue weighted by atomic mass is 9.60. The van der Waals surface area contributed by atoms with Crippen molar-refractivity contribution in [2.75, 3.05) is 14.7 Å².